The van der Waals surface area contributed by atoms with E-state index >= 15 is 0 Å². The van der Waals surface area contributed by atoms with Crippen LogP contribution in [0.4, 0.5) is 4.39 Å². The number of carbonyl (C=O) groups is 1. The Bertz CT molecular complexity index is 1120. The van der Waals surface area contributed by atoms with Crippen molar-refractivity contribution in [3.05, 3.63) is 108 Å². The van der Waals surface area contributed by atoms with Gasteiger partial charge in [0.1, 0.15) is 5.82 Å². The van der Waals surface area contributed by atoms with Gasteiger partial charge in [0.2, 0.25) is 0 Å². The molecule has 1 amide bonds. The van der Waals surface area contributed by atoms with Crippen LogP contribution in [0.25, 0.3) is 16.9 Å². The summed E-state index contributed by atoms with van der Waals surface area (Å²) in [7, 11) is 1.71. The zero-order chi connectivity index (χ0) is 20.2. The maximum atomic E-state index is 13.5. The standard InChI is InChI=1S/C24H20FN3O/c1-27(24(29)19-11-8-12-21(25)15-19)16-20-17-28(22-13-6-3-7-14-22)26-23(20)18-9-4-2-5-10-18/h2-15,17H,16H2,1H3. The normalized spacial score (nSPS) is 10.7. The first-order chi connectivity index (χ1) is 14.1. The van der Waals surface area contributed by atoms with Crippen molar-refractivity contribution in [2.75, 3.05) is 7.05 Å². The lowest BCUT2D eigenvalue weighted by molar-refractivity contribution is 0.0785. The van der Waals surface area contributed by atoms with Gasteiger partial charge in [-0.05, 0) is 30.3 Å². The largest absolute Gasteiger partial charge is 0.337 e. The van der Waals surface area contributed by atoms with Gasteiger partial charge < -0.3 is 4.90 Å². The van der Waals surface area contributed by atoms with Crippen LogP contribution in [-0.2, 0) is 6.54 Å². The van der Waals surface area contributed by atoms with Gasteiger partial charge in [0.05, 0.1) is 11.4 Å². The van der Waals surface area contributed by atoms with E-state index in [0.29, 0.717) is 12.1 Å². The van der Waals surface area contributed by atoms with Crippen LogP contribution in [0.3, 0.4) is 0 Å². The lowest BCUT2D eigenvalue weighted by atomic mass is 10.1. The Kier molecular flexibility index (Phi) is 5.20. The Morgan fingerprint density at radius 3 is 2.34 bits per heavy atom. The van der Waals surface area contributed by atoms with Gasteiger partial charge >= 0.3 is 0 Å². The smallest absolute Gasteiger partial charge is 0.254 e. The minimum Gasteiger partial charge on any atom is -0.337 e. The second-order valence-electron chi connectivity index (χ2n) is 6.82. The van der Waals surface area contributed by atoms with E-state index in [4.69, 9.17) is 5.10 Å². The number of benzene rings is 3. The highest BCUT2D eigenvalue weighted by molar-refractivity contribution is 5.94. The molecule has 5 heteroatoms. The molecule has 0 aliphatic rings. The van der Waals surface area contributed by atoms with Crippen LogP contribution in [0.1, 0.15) is 15.9 Å². The molecule has 0 saturated heterocycles. The van der Waals surface area contributed by atoms with Gasteiger partial charge in [0, 0.05) is 36.5 Å². The van der Waals surface area contributed by atoms with E-state index in [1.807, 2.05) is 71.5 Å². The summed E-state index contributed by atoms with van der Waals surface area (Å²) in [4.78, 5) is 14.3. The predicted molar refractivity (Wildman–Crippen MR) is 111 cm³/mol. The molecule has 4 nitrogen and oxygen atoms in total. The SMILES string of the molecule is CN(Cc1cn(-c2ccccc2)nc1-c1ccccc1)C(=O)c1cccc(F)c1. The minimum absolute atomic E-state index is 0.240. The van der Waals surface area contributed by atoms with Crippen LogP contribution in [-0.4, -0.2) is 27.6 Å². The van der Waals surface area contributed by atoms with Crippen molar-refractivity contribution < 1.29 is 9.18 Å². The van der Waals surface area contributed by atoms with Gasteiger partial charge in [-0.1, -0.05) is 54.6 Å². The van der Waals surface area contributed by atoms with Crippen molar-refractivity contribution in [2.45, 2.75) is 6.54 Å². The maximum Gasteiger partial charge on any atom is 0.254 e. The van der Waals surface area contributed by atoms with E-state index in [-0.39, 0.29) is 5.91 Å². The topological polar surface area (TPSA) is 38.1 Å². The number of carbonyl (C=O) groups excluding carboxylic acids is 1. The summed E-state index contributed by atoms with van der Waals surface area (Å²) in [6.45, 7) is 0.354. The van der Waals surface area contributed by atoms with Crippen LogP contribution in [0.15, 0.2) is 91.1 Å². The van der Waals surface area contributed by atoms with Crippen LogP contribution >= 0.6 is 0 Å². The Balaban J connectivity index is 1.68. The van der Waals surface area contributed by atoms with E-state index in [1.165, 1.54) is 12.1 Å². The first kappa shape index (κ1) is 18.6. The molecule has 0 saturated carbocycles. The summed E-state index contributed by atoms with van der Waals surface area (Å²) in [6.07, 6.45) is 1.94. The lowest BCUT2D eigenvalue weighted by Crippen LogP contribution is -2.26. The molecule has 0 fully saturated rings. The average Bonchev–Trinajstić information content (AvgIpc) is 3.18. The summed E-state index contributed by atoms with van der Waals surface area (Å²) in [5.41, 5.74) is 3.96. The molecule has 4 aromatic rings. The molecular formula is C24H20FN3O. The average molecular weight is 385 g/mol. The highest BCUT2D eigenvalue weighted by Gasteiger charge is 2.18. The molecule has 4 rings (SSSR count). The number of hydrogen-bond donors (Lipinski definition) is 0. The fourth-order valence-electron chi connectivity index (χ4n) is 3.25. The molecule has 0 atom stereocenters. The maximum absolute atomic E-state index is 13.5. The van der Waals surface area contributed by atoms with Crippen molar-refractivity contribution in [1.82, 2.24) is 14.7 Å². The van der Waals surface area contributed by atoms with Crippen molar-refractivity contribution in [3.8, 4) is 16.9 Å². The quantitative estimate of drug-likeness (QED) is 0.487. The van der Waals surface area contributed by atoms with Crippen molar-refractivity contribution in [3.63, 3.8) is 0 Å². The Morgan fingerprint density at radius 1 is 0.966 bits per heavy atom. The highest BCUT2D eigenvalue weighted by Crippen LogP contribution is 2.25. The van der Waals surface area contributed by atoms with E-state index in [0.717, 1.165) is 22.5 Å². The monoisotopic (exact) mass is 385 g/mol. The third-order valence-corrected chi connectivity index (χ3v) is 4.68. The fourth-order valence-corrected chi connectivity index (χ4v) is 3.25. The molecule has 1 heterocycles. The molecule has 1 aromatic heterocycles. The summed E-state index contributed by atoms with van der Waals surface area (Å²) < 4.78 is 15.3. The summed E-state index contributed by atoms with van der Waals surface area (Å²) in [5.74, 6) is -0.665. The van der Waals surface area contributed by atoms with Gasteiger partial charge in [-0.3, -0.25) is 4.79 Å². The van der Waals surface area contributed by atoms with Crippen LogP contribution in [0, 0.1) is 5.82 Å². The molecule has 0 aliphatic carbocycles. The van der Waals surface area contributed by atoms with Gasteiger partial charge in [0.25, 0.3) is 5.91 Å². The minimum atomic E-state index is -0.425. The third kappa shape index (κ3) is 4.09. The molecule has 29 heavy (non-hydrogen) atoms. The number of halogens is 1. The molecule has 0 N–H and O–H groups in total. The lowest BCUT2D eigenvalue weighted by Gasteiger charge is -2.17. The van der Waals surface area contributed by atoms with Gasteiger partial charge in [-0.2, -0.15) is 5.10 Å². The van der Waals surface area contributed by atoms with Crippen LogP contribution < -0.4 is 0 Å². The summed E-state index contributed by atoms with van der Waals surface area (Å²) >= 11 is 0. The molecule has 0 radical (unpaired) electrons. The molecule has 0 unspecified atom stereocenters. The third-order valence-electron chi connectivity index (χ3n) is 4.68. The second-order valence-corrected chi connectivity index (χ2v) is 6.82. The highest BCUT2D eigenvalue weighted by atomic mass is 19.1. The van der Waals surface area contributed by atoms with Crippen molar-refractivity contribution in [1.29, 1.82) is 0 Å². The second kappa shape index (κ2) is 8.10. The Labute approximate surface area is 168 Å². The number of para-hydroxylation sites is 1. The first-order valence-corrected chi connectivity index (χ1v) is 9.32. The molecule has 3 aromatic carbocycles. The number of amides is 1. The zero-order valence-electron chi connectivity index (χ0n) is 16.0. The predicted octanol–water partition coefficient (Wildman–Crippen LogP) is 4.95. The van der Waals surface area contributed by atoms with Crippen molar-refractivity contribution in [2.24, 2.45) is 0 Å². The first-order valence-electron chi connectivity index (χ1n) is 9.32. The van der Waals surface area contributed by atoms with Gasteiger partial charge in [-0.25, -0.2) is 9.07 Å². The summed E-state index contributed by atoms with van der Waals surface area (Å²) in [6, 6.07) is 25.4. The van der Waals surface area contributed by atoms with E-state index in [2.05, 4.69) is 0 Å². The molecule has 0 aliphatic heterocycles. The fraction of sp³-hybridized carbons (Fsp3) is 0.0833. The van der Waals surface area contributed by atoms with E-state index < -0.39 is 5.82 Å². The van der Waals surface area contributed by atoms with Crippen molar-refractivity contribution >= 4 is 5.91 Å². The van der Waals surface area contributed by atoms with Crippen LogP contribution in [0.5, 0.6) is 0 Å². The molecule has 0 spiro atoms. The summed E-state index contributed by atoms with van der Waals surface area (Å²) in [5, 5.41) is 4.77. The number of aromatic nitrogens is 2. The molecule has 144 valence electrons. The number of nitrogens with zero attached hydrogens (tertiary/aromatic N) is 3. The van der Waals surface area contributed by atoms with E-state index in [9.17, 15) is 9.18 Å². The van der Waals surface area contributed by atoms with Gasteiger partial charge in [0.15, 0.2) is 0 Å². The van der Waals surface area contributed by atoms with Gasteiger partial charge in [-0.15, -0.1) is 0 Å². The zero-order valence-corrected chi connectivity index (χ0v) is 16.0. The Morgan fingerprint density at radius 2 is 1.66 bits per heavy atom. The van der Waals surface area contributed by atoms with Crippen LogP contribution in [0.2, 0.25) is 0 Å². The van der Waals surface area contributed by atoms with E-state index in [1.54, 1.807) is 24.1 Å². The number of hydrogen-bond acceptors (Lipinski definition) is 2. The Hall–Kier alpha value is -3.73. The molecule has 0 bridgehead atoms. The molecular weight excluding hydrogens is 365 g/mol. The number of rotatable bonds is 5.